The first-order valence-electron chi connectivity index (χ1n) is 7.13. The molecule has 0 amide bonds. The van der Waals surface area contributed by atoms with Crippen molar-refractivity contribution in [3.05, 3.63) is 28.2 Å². The summed E-state index contributed by atoms with van der Waals surface area (Å²) in [6.07, 6.45) is 7.94. The van der Waals surface area contributed by atoms with Crippen molar-refractivity contribution in [3.8, 4) is 18.1 Å². The van der Waals surface area contributed by atoms with Crippen LogP contribution in [-0.4, -0.2) is 13.2 Å². The largest absolute Gasteiger partial charge is 0.481 e. The van der Waals surface area contributed by atoms with Crippen molar-refractivity contribution in [2.24, 2.45) is 11.3 Å². The molecule has 0 aliphatic heterocycles. The first-order chi connectivity index (χ1) is 9.57. The topological polar surface area (TPSA) is 21.3 Å². The Hall–Kier alpha value is -0.980. The second kappa shape index (κ2) is 6.65. The minimum absolute atomic E-state index is 0.310. The third-order valence-corrected chi connectivity index (χ3v) is 4.74. The fraction of sp³-hybridized carbons (Fsp3) is 0.529. The van der Waals surface area contributed by atoms with Crippen LogP contribution in [0, 0.1) is 23.7 Å². The predicted octanol–water partition coefficient (Wildman–Crippen LogP) is 3.99. The van der Waals surface area contributed by atoms with Crippen molar-refractivity contribution in [3.63, 3.8) is 0 Å². The summed E-state index contributed by atoms with van der Waals surface area (Å²) in [5, 5.41) is 3.58. The molecule has 0 bridgehead atoms. The highest BCUT2D eigenvalue weighted by Crippen LogP contribution is 2.51. The summed E-state index contributed by atoms with van der Waals surface area (Å²) in [7, 11) is 0. The van der Waals surface area contributed by atoms with Gasteiger partial charge in [-0.25, -0.2) is 0 Å². The molecule has 2 rings (SSSR count). The normalized spacial score (nSPS) is 15.9. The Kier molecular flexibility index (Phi) is 5.12. The Morgan fingerprint density at radius 3 is 2.80 bits per heavy atom. The third kappa shape index (κ3) is 3.77. The van der Waals surface area contributed by atoms with Crippen molar-refractivity contribution in [2.45, 2.75) is 33.2 Å². The maximum atomic E-state index is 5.59. The van der Waals surface area contributed by atoms with Gasteiger partial charge in [0.15, 0.2) is 0 Å². The van der Waals surface area contributed by atoms with Gasteiger partial charge in [-0.1, -0.05) is 35.7 Å². The first kappa shape index (κ1) is 15.4. The van der Waals surface area contributed by atoms with Crippen LogP contribution in [0.2, 0.25) is 0 Å². The van der Waals surface area contributed by atoms with Gasteiger partial charge in [-0.3, -0.25) is 0 Å². The molecule has 1 aromatic carbocycles. The van der Waals surface area contributed by atoms with Crippen molar-refractivity contribution >= 4 is 15.9 Å². The molecule has 0 saturated heterocycles. The highest BCUT2D eigenvalue weighted by atomic mass is 79.9. The maximum Gasteiger partial charge on any atom is 0.148 e. The Bertz CT molecular complexity index is 500. The van der Waals surface area contributed by atoms with E-state index in [0.717, 1.165) is 34.8 Å². The van der Waals surface area contributed by atoms with Crippen LogP contribution in [0.25, 0.3) is 0 Å². The Labute approximate surface area is 130 Å². The minimum Gasteiger partial charge on any atom is -0.481 e. The number of nitrogens with one attached hydrogen (secondary N) is 1. The van der Waals surface area contributed by atoms with Crippen LogP contribution >= 0.6 is 15.9 Å². The monoisotopic (exact) mass is 335 g/mol. The summed E-state index contributed by atoms with van der Waals surface area (Å²) in [5.74, 6) is 4.12. The summed E-state index contributed by atoms with van der Waals surface area (Å²) in [5.41, 5.74) is 1.67. The lowest BCUT2D eigenvalue weighted by Gasteiger charge is -2.20. The van der Waals surface area contributed by atoms with Gasteiger partial charge in [0.2, 0.25) is 0 Å². The molecule has 1 N–H and O–H groups in total. The highest BCUT2D eigenvalue weighted by Gasteiger charge is 2.44. The molecule has 1 aromatic rings. The fourth-order valence-corrected chi connectivity index (χ4v) is 2.92. The van der Waals surface area contributed by atoms with Gasteiger partial charge in [-0.2, -0.15) is 0 Å². The van der Waals surface area contributed by atoms with Crippen molar-refractivity contribution in [1.29, 1.82) is 0 Å². The van der Waals surface area contributed by atoms with Crippen LogP contribution in [0.5, 0.6) is 5.75 Å². The molecule has 108 valence electrons. The van der Waals surface area contributed by atoms with E-state index in [2.05, 4.69) is 47.1 Å². The molecule has 0 radical (unpaired) electrons. The van der Waals surface area contributed by atoms with E-state index in [0.29, 0.717) is 12.0 Å². The number of terminal acetylenes is 1. The minimum atomic E-state index is 0.310. The van der Waals surface area contributed by atoms with Gasteiger partial charge in [-0.05, 0) is 42.4 Å². The molecule has 0 aromatic heterocycles. The van der Waals surface area contributed by atoms with E-state index in [1.54, 1.807) is 0 Å². The summed E-state index contributed by atoms with van der Waals surface area (Å²) in [6, 6.07) is 6.04. The Morgan fingerprint density at radius 2 is 2.20 bits per heavy atom. The summed E-state index contributed by atoms with van der Waals surface area (Å²) in [6.45, 7) is 6.83. The third-order valence-electron chi connectivity index (χ3n) is 4.24. The molecular formula is C17H22BrNO. The van der Waals surface area contributed by atoms with Gasteiger partial charge in [0.25, 0.3) is 0 Å². The van der Waals surface area contributed by atoms with E-state index in [1.807, 2.05) is 12.1 Å². The lowest BCUT2D eigenvalue weighted by atomic mass is 9.92. The van der Waals surface area contributed by atoms with E-state index >= 15 is 0 Å². The predicted molar refractivity (Wildman–Crippen MR) is 86.7 cm³/mol. The molecule has 1 fully saturated rings. The number of benzene rings is 1. The number of halogens is 1. The van der Waals surface area contributed by atoms with Crippen molar-refractivity contribution in [2.75, 3.05) is 13.2 Å². The smallest absolute Gasteiger partial charge is 0.148 e. The van der Waals surface area contributed by atoms with Crippen LogP contribution in [0.15, 0.2) is 22.7 Å². The quantitative estimate of drug-likeness (QED) is 0.761. The molecule has 3 heteroatoms. The van der Waals surface area contributed by atoms with E-state index < -0.39 is 0 Å². The number of ether oxygens (including phenoxy) is 1. The number of hydrogen-bond donors (Lipinski definition) is 1. The molecule has 0 unspecified atom stereocenters. The van der Waals surface area contributed by atoms with Crippen LogP contribution < -0.4 is 10.1 Å². The second-order valence-corrected chi connectivity index (χ2v) is 6.78. The molecule has 2 nitrogen and oxygen atoms in total. The molecular weight excluding hydrogens is 314 g/mol. The fourth-order valence-electron chi connectivity index (χ4n) is 2.51. The summed E-state index contributed by atoms with van der Waals surface area (Å²) < 4.78 is 6.65. The average Bonchev–Trinajstić information content (AvgIpc) is 3.19. The van der Waals surface area contributed by atoms with Crippen molar-refractivity contribution < 1.29 is 4.74 Å². The van der Waals surface area contributed by atoms with Crippen LogP contribution in [0.1, 0.15) is 32.3 Å². The van der Waals surface area contributed by atoms with Gasteiger partial charge in [-0.15, -0.1) is 6.42 Å². The molecule has 1 saturated carbocycles. The number of hydrogen-bond acceptors (Lipinski definition) is 2. The van der Waals surface area contributed by atoms with Gasteiger partial charge in [0, 0.05) is 23.1 Å². The van der Waals surface area contributed by atoms with Gasteiger partial charge in [0.1, 0.15) is 12.4 Å². The lowest BCUT2D eigenvalue weighted by Crippen LogP contribution is -2.27. The zero-order valence-electron chi connectivity index (χ0n) is 12.2. The van der Waals surface area contributed by atoms with Gasteiger partial charge in [0.05, 0.1) is 0 Å². The van der Waals surface area contributed by atoms with Crippen LogP contribution in [0.4, 0.5) is 0 Å². The molecule has 1 aliphatic rings. The van der Waals surface area contributed by atoms with Gasteiger partial charge >= 0.3 is 0 Å². The van der Waals surface area contributed by atoms with E-state index in [1.165, 1.54) is 12.8 Å². The van der Waals surface area contributed by atoms with Gasteiger partial charge < -0.3 is 10.1 Å². The SMILES string of the molecule is C#CCOc1ccc(Br)cc1CNCC1(C(C)C)CC1. The Balaban J connectivity index is 1.94. The van der Waals surface area contributed by atoms with Crippen LogP contribution in [-0.2, 0) is 6.54 Å². The average molecular weight is 336 g/mol. The Morgan fingerprint density at radius 1 is 1.45 bits per heavy atom. The van der Waals surface area contributed by atoms with E-state index in [-0.39, 0.29) is 0 Å². The molecule has 20 heavy (non-hydrogen) atoms. The summed E-state index contributed by atoms with van der Waals surface area (Å²) in [4.78, 5) is 0. The van der Waals surface area contributed by atoms with E-state index in [9.17, 15) is 0 Å². The second-order valence-electron chi connectivity index (χ2n) is 5.87. The molecule has 0 spiro atoms. The maximum absolute atomic E-state index is 5.59. The van der Waals surface area contributed by atoms with E-state index in [4.69, 9.17) is 11.2 Å². The zero-order valence-corrected chi connectivity index (χ0v) is 13.8. The molecule has 0 atom stereocenters. The highest BCUT2D eigenvalue weighted by molar-refractivity contribution is 9.10. The number of rotatable bonds is 7. The summed E-state index contributed by atoms with van der Waals surface area (Å²) >= 11 is 3.51. The molecule has 0 heterocycles. The van der Waals surface area contributed by atoms with Crippen molar-refractivity contribution in [1.82, 2.24) is 5.32 Å². The lowest BCUT2D eigenvalue weighted by molar-refractivity contribution is 0.333. The zero-order chi connectivity index (χ0) is 14.6. The standard InChI is InChI=1S/C17H22BrNO/c1-4-9-20-16-6-5-15(18)10-14(16)11-19-12-17(7-8-17)13(2)3/h1,5-6,10,13,19H,7-9,11-12H2,2-3H3. The first-order valence-corrected chi connectivity index (χ1v) is 7.92. The van der Waals surface area contributed by atoms with Crippen LogP contribution in [0.3, 0.4) is 0 Å². The molecule has 1 aliphatic carbocycles.